The highest BCUT2D eigenvalue weighted by Crippen LogP contribution is 2.34. The Morgan fingerprint density at radius 3 is 2.30 bits per heavy atom. The molecule has 2 amide bonds. The summed E-state index contributed by atoms with van der Waals surface area (Å²) in [4.78, 5) is 29.9. The van der Waals surface area contributed by atoms with Crippen molar-refractivity contribution >= 4 is 17.5 Å². The number of nitrogens with zero attached hydrogens (tertiary/aromatic N) is 5. The standard InChI is InChI=1S/C22H21F3N6O2/c23-22(24,25)17-8-4-5-9-18(17)27-20(32)15-29-10-12-30(13-11-29)21(33)19-14-26-31(28-19)16-6-2-1-3-7-16/h1-9,14H,10-13,15H2,(H,27,32). The van der Waals surface area contributed by atoms with Crippen LogP contribution >= 0.6 is 0 Å². The fourth-order valence-corrected chi connectivity index (χ4v) is 3.55. The van der Waals surface area contributed by atoms with E-state index in [0.717, 1.165) is 11.8 Å². The van der Waals surface area contributed by atoms with E-state index in [9.17, 15) is 22.8 Å². The van der Waals surface area contributed by atoms with Crippen LogP contribution in [0.4, 0.5) is 18.9 Å². The summed E-state index contributed by atoms with van der Waals surface area (Å²) in [5, 5.41) is 10.7. The van der Waals surface area contributed by atoms with Gasteiger partial charge in [0, 0.05) is 26.2 Å². The number of alkyl halides is 3. The lowest BCUT2D eigenvalue weighted by Gasteiger charge is -2.33. The maximum Gasteiger partial charge on any atom is 0.418 e. The van der Waals surface area contributed by atoms with Crippen LogP contribution < -0.4 is 5.32 Å². The fraction of sp³-hybridized carbons (Fsp3) is 0.273. The number of piperazine rings is 1. The number of anilines is 1. The van der Waals surface area contributed by atoms with Crippen LogP contribution in [-0.2, 0) is 11.0 Å². The molecule has 33 heavy (non-hydrogen) atoms. The maximum absolute atomic E-state index is 13.1. The molecule has 11 heteroatoms. The normalized spacial score (nSPS) is 14.8. The lowest BCUT2D eigenvalue weighted by molar-refractivity contribution is -0.137. The first kappa shape index (κ1) is 22.5. The van der Waals surface area contributed by atoms with E-state index in [4.69, 9.17) is 0 Å². The van der Waals surface area contributed by atoms with Crippen molar-refractivity contribution in [2.24, 2.45) is 0 Å². The molecule has 0 unspecified atom stereocenters. The highest BCUT2D eigenvalue weighted by Gasteiger charge is 2.33. The number of para-hydroxylation sites is 2. The fourth-order valence-electron chi connectivity index (χ4n) is 3.55. The third-order valence-corrected chi connectivity index (χ3v) is 5.23. The van der Waals surface area contributed by atoms with Crippen LogP contribution in [0.3, 0.4) is 0 Å². The smallest absolute Gasteiger partial charge is 0.335 e. The summed E-state index contributed by atoms with van der Waals surface area (Å²) < 4.78 is 39.3. The van der Waals surface area contributed by atoms with E-state index in [1.54, 1.807) is 9.80 Å². The summed E-state index contributed by atoms with van der Waals surface area (Å²) in [5.74, 6) is -0.808. The van der Waals surface area contributed by atoms with Crippen LogP contribution in [-0.4, -0.2) is 69.3 Å². The molecule has 0 spiro atoms. The Morgan fingerprint density at radius 1 is 0.939 bits per heavy atom. The molecule has 0 saturated carbocycles. The quantitative estimate of drug-likeness (QED) is 0.636. The van der Waals surface area contributed by atoms with Crippen LogP contribution in [0.2, 0.25) is 0 Å². The predicted molar refractivity (Wildman–Crippen MR) is 114 cm³/mol. The average molecular weight is 458 g/mol. The Balaban J connectivity index is 1.30. The summed E-state index contributed by atoms with van der Waals surface area (Å²) in [6.45, 7) is 1.48. The molecule has 2 aromatic carbocycles. The van der Waals surface area contributed by atoms with E-state index in [2.05, 4.69) is 15.5 Å². The number of carbonyl (C=O) groups is 2. The lowest BCUT2D eigenvalue weighted by Crippen LogP contribution is -2.50. The number of aromatic nitrogens is 3. The topological polar surface area (TPSA) is 83.4 Å². The van der Waals surface area contributed by atoms with Gasteiger partial charge in [0.1, 0.15) is 0 Å². The van der Waals surface area contributed by atoms with Crippen molar-refractivity contribution in [2.75, 3.05) is 38.0 Å². The minimum Gasteiger partial charge on any atom is -0.335 e. The molecule has 1 saturated heterocycles. The molecule has 0 aliphatic carbocycles. The SMILES string of the molecule is O=C(CN1CCN(C(=O)c2cnn(-c3ccccc3)n2)CC1)Nc1ccccc1C(F)(F)F. The summed E-state index contributed by atoms with van der Waals surface area (Å²) in [7, 11) is 0. The first-order chi connectivity index (χ1) is 15.8. The highest BCUT2D eigenvalue weighted by atomic mass is 19.4. The first-order valence-electron chi connectivity index (χ1n) is 10.3. The van der Waals surface area contributed by atoms with E-state index in [-0.39, 0.29) is 23.8 Å². The Kier molecular flexibility index (Phi) is 6.40. The van der Waals surface area contributed by atoms with Gasteiger partial charge in [-0.15, -0.1) is 5.10 Å². The predicted octanol–water partition coefficient (Wildman–Crippen LogP) is 2.68. The van der Waals surface area contributed by atoms with Crippen molar-refractivity contribution in [3.63, 3.8) is 0 Å². The molecule has 0 atom stereocenters. The van der Waals surface area contributed by atoms with E-state index >= 15 is 0 Å². The van der Waals surface area contributed by atoms with E-state index in [1.165, 1.54) is 29.2 Å². The van der Waals surface area contributed by atoms with Crippen LogP contribution in [0.15, 0.2) is 60.8 Å². The number of hydrogen-bond acceptors (Lipinski definition) is 5. The van der Waals surface area contributed by atoms with Crippen molar-refractivity contribution in [1.29, 1.82) is 0 Å². The molecule has 1 aromatic heterocycles. The Morgan fingerprint density at radius 2 is 1.61 bits per heavy atom. The monoisotopic (exact) mass is 458 g/mol. The third kappa shape index (κ3) is 5.37. The Bertz CT molecular complexity index is 1120. The first-order valence-corrected chi connectivity index (χ1v) is 10.3. The molecule has 0 radical (unpaired) electrons. The maximum atomic E-state index is 13.1. The number of hydrogen-bond donors (Lipinski definition) is 1. The highest BCUT2D eigenvalue weighted by molar-refractivity contribution is 5.93. The number of nitrogens with one attached hydrogen (secondary N) is 1. The van der Waals surface area contributed by atoms with Gasteiger partial charge in [-0.05, 0) is 24.3 Å². The number of amides is 2. The van der Waals surface area contributed by atoms with Crippen molar-refractivity contribution in [2.45, 2.75) is 6.18 Å². The molecule has 2 heterocycles. The van der Waals surface area contributed by atoms with Crippen molar-refractivity contribution in [1.82, 2.24) is 24.8 Å². The largest absolute Gasteiger partial charge is 0.418 e. The van der Waals surface area contributed by atoms with E-state index < -0.39 is 17.6 Å². The molecule has 1 aliphatic rings. The second-order valence-electron chi connectivity index (χ2n) is 7.51. The molecule has 1 fully saturated rings. The second-order valence-corrected chi connectivity index (χ2v) is 7.51. The summed E-state index contributed by atoms with van der Waals surface area (Å²) in [6, 6.07) is 14.1. The number of halogens is 3. The van der Waals surface area contributed by atoms with Gasteiger partial charge < -0.3 is 10.2 Å². The summed E-state index contributed by atoms with van der Waals surface area (Å²) in [5.41, 5.74) is -0.212. The number of carbonyl (C=O) groups excluding carboxylic acids is 2. The molecular formula is C22H21F3N6O2. The summed E-state index contributed by atoms with van der Waals surface area (Å²) >= 11 is 0. The van der Waals surface area contributed by atoms with Crippen molar-refractivity contribution in [3.8, 4) is 5.69 Å². The summed E-state index contributed by atoms with van der Waals surface area (Å²) in [6.07, 6.45) is -3.15. The van der Waals surface area contributed by atoms with Gasteiger partial charge in [-0.25, -0.2) is 0 Å². The van der Waals surface area contributed by atoms with Crippen molar-refractivity contribution in [3.05, 3.63) is 72.1 Å². The van der Waals surface area contributed by atoms with E-state index in [0.29, 0.717) is 26.2 Å². The average Bonchev–Trinajstić information content (AvgIpc) is 3.30. The molecule has 8 nitrogen and oxygen atoms in total. The lowest BCUT2D eigenvalue weighted by atomic mass is 10.1. The Hall–Kier alpha value is -3.73. The van der Waals surface area contributed by atoms with Crippen molar-refractivity contribution < 1.29 is 22.8 Å². The van der Waals surface area contributed by atoms with Crippen LogP contribution in [0.1, 0.15) is 16.1 Å². The van der Waals surface area contributed by atoms with E-state index in [1.807, 2.05) is 30.3 Å². The molecular weight excluding hydrogens is 437 g/mol. The molecule has 0 bridgehead atoms. The zero-order valence-corrected chi connectivity index (χ0v) is 17.5. The number of benzene rings is 2. The minimum atomic E-state index is -4.56. The number of rotatable bonds is 5. The second kappa shape index (κ2) is 9.41. The molecule has 3 aromatic rings. The molecule has 1 N–H and O–H groups in total. The zero-order chi connectivity index (χ0) is 23.4. The zero-order valence-electron chi connectivity index (χ0n) is 17.5. The molecule has 172 valence electrons. The van der Waals surface area contributed by atoms with Gasteiger partial charge in [-0.1, -0.05) is 30.3 Å². The molecule has 1 aliphatic heterocycles. The van der Waals surface area contributed by atoms with Gasteiger partial charge in [0.25, 0.3) is 5.91 Å². The van der Waals surface area contributed by atoms with Gasteiger partial charge in [-0.3, -0.25) is 14.5 Å². The van der Waals surface area contributed by atoms with Gasteiger partial charge in [0.15, 0.2) is 5.69 Å². The van der Waals surface area contributed by atoms with Gasteiger partial charge in [0.2, 0.25) is 5.91 Å². The minimum absolute atomic E-state index is 0.0710. The van der Waals surface area contributed by atoms with Crippen LogP contribution in [0.5, 0.6) is 0 Å². The van der Waals surface area contributed by atoms with Gasteiger partial charge in [-0.2, -0.15) is 23.1 Å². The third-order valence-electron chi connectivity index (χ3n) is 5.23. The van der Waals surface area contributed by atoms with Gasteiger partial charge >= 0.3 is 6.18 Å². The van der Waals surface area contributed by atoms with Gasteiger partial charge in [0.05, 0.1) is 29.7 Å². The van der Waals surface area contributed by atoms with Crippen LogP contribution in [0.25, 0.3) is 5.69 Å². The molecule has 4 rings (SSSR count). The Labute approximate surface area is 187 Å². The van der Waals surface area contributed by atoms with Crippen LogP contribution in [0, 0.1) is 0 Å².